The Hall–Kier alpha value is -3.26. The third-order valence-corrected chi connectivity index (χ3v) is 6.77. The maximum Gasteiger partial charge on any atom is 0.230 e. The van der Waals surface area contributed by atoms with Gasteiger partial charge in [0.1, 0.15) is 10.8 Å². The number of carbonyl (C=O) groups excluding carboxylic acids is 2. The van der Waals surface area contributed by atoms with Gasteiger partial charge in [-0.1, -0.05) is 67.6 Å². The Kier molecular flexibility index (Phi) is 9.16. The highest BCUT2D eigenvalue weighted by Gasteiger charge is 2.27. The van der Waals surface area contributed by atoms with E-state index in [0.29, 0.717) is 23.1 Å². The van der Waals surface area contributed by atoms with Crippen molar-refractivity contribution in [2.24, 2.45) is 0 Å². The van der Waals surface area contributed by atoms with E-state index in [4.69, 9.17) is 4.74 Å². The van der Waals surface area contributed by atoms with Crippen LogP contribution in [0.15, 0.2) is 54.6 Å². The molecule has 0 bridgehead atoms. The van der Waals surface area contributed by atoms with Gasteiger partial charge in [0, 0.05) is 24.6 Å². The summed E-state index contributed by atoms with van der Waals surface area (Å²) in [6.07, 6.45) is 1.72. The number of amides is 2. The lowest BCUT2D eigenvalue weighted by molar-refractivity contribution is -0.135. The molecule has 2 aromatic carbocycles. The summed E-state index contributed by atoms with van der Waals surface area (Å²) >= 11 is 1.30. The van der Waals surface area contributed by atoms with Crippen molar-refractivity contribution in [1.29, 1.82) is 0 Å². The molecule has 0 aliphatic rings. The van der Waals surface area contributed by atoms with E-state index in [9.17, 15) is 9.59 Å². The van der Waals surface area contributed by atoms with Crippen molar-refractivity contribution < 1.29 is 14.3 Å². The summed E-state index contributed by atoms with van der Waals surface area (Å²) in [5.74, 6) is 0.384. The number of hydrogen-bond acceptors (Lipinski definition) is 6. The molecule has 3 aromatic rings. The van der Waals surface area contributed by atoms with Gasteiger partial charge in [0.2, 0.25) is 16.9 Å². The average Bonchev–Trinajstić information content (AvgIpc) is 3.33. The van der Waals surface area contributed by atoms with E-state index in [1.54, 1.807) is 7.11 Å². The van der Waals surface area contributed by atoms with E-state index in [1.807, 2.05) is 73.3 Å². The summed E-state index contributed by atoms with van der Waals surface area (Å²) in [4.78, 5) is 27.9. The average molecular weight is 481 g/mol. The second-order valence-corrected chi connectivity index (χ2v) is 9.08. The van der Waals surface area contributed by atoms with Crippen molar-refractivity contribution in [2.45, 2.75) is 52.0 Å². The first-order valence-corrected chi connectivity index (χ1v) is 12.4. The molecule has 2 atom stereocenters. The maximum atomic E-state index is 13.4. The second-order valence-electron chi connectivity index (χ2n) is 8.10. The molecule has 1 N–H and O–H groups in total. The zero-order valence-corrected chi connectivity index (χ0v) is 21.0. The molecule has 0 saturated carbocycles. The van der Waals surface area contributed by atoms with Crippen LogP contribution < -0.4 is 10.1 Å². The van der Waals surface area contributed by atoms with Gasteiger partial charge in [-0.2, -0.15) is 0 Å². The predicted octanol–water partition coefficient (Wildman–Crippen LogP) is 5.36. The number of hydrogen-bond donors (Lipinski definition) is 1. The smallest absolute Gasteiger partial charge is 0.230 e. The second kappa shape index (κ2) is 12.3. The summed E-state index contributed by atoms with van der Waals surface area (Å²) in [6, 6.07) is 17.4. The molecule has 0 aliphatic heterocycles. The van der Waals surface area contributed by atoms with Gasteiger partial charge in [-0.25, -0.2) is 0 Å². The molecule has 8 heteroatoms. The molecule has 7 nitrogen and oxygen atoms in total. The number of ether oxygens (including phenoxy) is 1. The van der Waals surface area contributed by atoms with Gasteiger partial charge in [-0.05, 0) is 37.5 Å². The van der Waals surface area contributed by atoms with Gasteiger partial charge in [0.05, 0.1) is 13.0 Å². The first kappa shape index (κ1) is 25.4. The number of nitrogens with zero attached hydrogens (tertiary/aromatic N) is 3. The standard InChI is InChI=1S/C26H32N4O3S/c1-5-18(3)30(25(32)22(6-2)19-11-8-7-9-12-19)16-15-23(31)27-26-29-28-24(34-26)20-13-10-14-21(17-20)33-4/h7-14,17-18,22H,5-6,15-16H2,1-4H3,(H,27,29,31)/t18-,22+/m1/s1. The molecule has 1 aromatic heterocycles. The van der Waals surface area contributed by atoms with Crippen LogP contribution in [0.5, 0.6) is 5.75 Å². The van der Waals surface area contributed by atoms with Crippen molar-refractivity contribution in [2.75, 3.05) is 19.0 Å². The number of anilines is 1. The Morgan fingerprint density at radius 1 is 1.06 bits per heavy atom. The number of benzene rings is 2. The van der Waals surface area contributed by atoms with Crippen molar-refractivity contribution in [3.8, 4) is 16.3 Å². The lowest BCUT2D eigenvalue weighted by Crippen LogP contribution is -2.42. The van der Waals surface area contributed by atoms with E-state index in [2.05, 4.69) is 22.4 Å². The monoisotopic (exact) mass is 480 g/mol. The Bertz CT molecular complexity index is 1090. The molecule has 0 unspecified atom stereocenters. The highest BCUT2D eigenvalue weighted by Crippen LogP contribution is 2.29. The molecule has 0 radical (unpaired) electrons. The molecule has 34 heavy (non-hydrogen) atoms. The Balaban J connectivity index is 1.64. The van der Waals surface area contributed by atoms with Crippen LogP contribution in [0.2, 0.25) is 0 Å². The third kappa shape index (κ3) is 6.41. The summed E-state index contributed by atoms with van der Waals surface area (Å²) in [7, 11) is 1.61. The highest BCUT2D eigenvalue weighted by atomic mass is 32.1. The topological polar surface area (TPSA) is 84.4 Å². The Labute approximate surface area is 205 Å². The maximum absolute atomic E-state index is 13.4. The first-order valence-electron chi connectivity index (χ1n) is 11.6. The van der Waals surface area contributed by atoms with E-state index in [1.165, 1.54) is 11.3 Å². The van der Waals surface area contributed by atoms with Crippen molar-refractivity contribution in [3.05, 3.63) is 60.2 Å². The molecule has 180 valence electrons. The first-order chi connectivity index (χ1) is 16.5. The van der Waals surface area contributed by atoms with Crippen molar-refractivity contribution in [1.82, 2.24) is 15.1 Å². The van der Waals surface area contributed by atoms with Crippen LogP contribution >= 0.6 is 11.3 Å². The van der Waals surface area contributed by atoms with Gasteiger partial charge in [0.25, 0.3) is 0 Å². The van der Waals surface area contributed by atoms with Crippen molar-refractivity contribution >= 4 is 28.3 Å². The third-order valence-electron chi connectivity index (χ3n) is 5.88. The van der Waals surface area contributed by atoms with E-state index < -0.39 is 0 Å². The minimum absolute atomic E-state index is 0.0410. The van der Waals surface area contributed by atoms with Crippen molar-refractivity contribution in [3.63, 3.8) is 0 Å². The van der Waals surface area contributed by atoms with E-state index in [-0.39, 0.29) is 30.2 Å². The molecular formula is C26H32N4O3S. The number of aromatic nitrogens is 2. The van der Waals surface area contributed by atoms with Crippen LogP contribution in [0.4, 0.5) is 5.13 Å². The SMILES string of the molecule is CC[C@H](C(=O)N(CCC(=O)Nc1nnc(-c2cccc(OC)c2)s1)[C@H](C)CC)c1ccccc1. The minimum atomic E-state index is -0.216. The van der Waals surface area contributed by atoms with Crippen LogP contribution in [-0.2, 0) is 9.59 Å². The normalized spacial score (nSPS) is 12.6. The molecule has 2 amide bonds. The zero-order chi connectivity index (χ0) is 24.5. The number of rotatable bonds is 11. The number of methoxy groups -OCH3 is 1. The van der Waals surface area contributed by atoms with E-state index >= 15 is 0 Å². The van der Waals surface area contributed by atoms with Crippen LogP contribution in [0.1, 0.15) is 51.5 Å². The molecule has 1 heterocycles. The fourth-order valence-electron chi connectivity index (χ4n) is 3.76. The van der Waals surface area contributed by atoms with Crippen LogP contribution in [0, 0.1) is 0 Å². The number of carbonyl (C=O) groups is 2. The summed E-state index contributed by atoms with van der Waals surface area (Å²) in [5.41, 5.74) is 1.88. The van der Waals surface area contributed by atoms with Gasteiger partial charge in [-0.15, -0.1) is 10.2 Å². The predicted molar refractivity (Wildman–Crippen MR) is 136 cm³/mol. The van der Waals surface area contributed by atoms with Gasteiger partial charge in [-0.3, -0.25) is 9.59 Å². The Morgan fingerprint density at radius 3 is 2.50 bits per heavy atom. The quantitative estimate of drug-likeness (QED) is 0.399. The summed E-state index contributed by atoms with van der Waals surface area (Å²) < 4.78 is 5.26. The number of nitrogens with one attached hydrogen (secondary N) is 1. The summed E-state index contributed by atoms with van der Waals surface area (Å²) in [5, 5.41) is 12.2. The molecule has 0 aliphatic carbocycles. The van der Waals surface area contributed by atoms with Gasteiger partial charge in [0.15, 0.2) is 0 Å². The fraction of sp³-hybridized carbons (Fsp3) is 0.385. The lowest BCUT2D eigenvalue weighted by atomic mass is 9.94. The highest BCUT2D eigenvalue weighted by molar-refractivity contribution is 7.18. The lowest BCUT2D eigenvalue weighted by Gasteiger charge is -2.32. The molecule has 3 rings (SSSR count). The zero-order valence-electron chi connectivity index (χ0n) is 20.2. The van der Waals surface area contributed by atoms with Gasteiger partial charge < -0.3 is 15.0 Å². The largest absolute Gasteiger partial charge is 0.497 e. The molecule has 0 fully saturated rings. The van der Waals surface area contributed by atoms with Crippen LogP contribution in [0.3, 0.4) is 0 Å². The minimum Gasteiger partial charge on any atom is -0.497 e. The summed E-state index contributed by atoms with van der Waals surface area (Å²) in [6.45, 7) is 6.45. The molecular weight excluding hydrogens is 448 g/mol. The van der Waals surface area contributed by atoms with Crippen LogP contribution in [0.25, 0.3) is 10.6 Å². The Morgan fingerprint density at radius 2 is 1.82 bits per heavy atom. The molecule has 0 spiro atoms. The fourth-order valence-corrected chi connectivity index (χ4v) is 4.51. The van der Waals surface area contributed by atoms with Crippen LogP contribution in [-0.4, -0.2) is 46.6 Å². The van der Waals surface area contributed by atoms with Gasteiger partial charge >= 0.3 is 0 Å². The molecule has 0 saturated heterocycles. The van der Waals surface area contributed by atoms with E-state index in [0.717, 1.165) is 23.3 Å².